The van der Waals surface area contributed by atoms with E-state index in [0.29, 0.717) is 11.5 Å². The van der Waals surface area contributed by atoms with Crippen molar-refractivity contribution in [1.82, 2.24) is 0 Å². The first-order valence-electron chi connectivity index (χ1n) is 4.04. The van der Waals surface area contributed by atoms with Gasteiger partial charge in [-0.3, -0.25) is 0 Å². The Balaban J connectivity index is 2.44. The van der Waals surface area contributed by atoms with E-state index < -0.39 is 11.1 Å². The molecule has 1 aromatic carbocycles. The molecule has 3 nitrogen and oxygen atoms in total. The molecule has 2 rings (SSSR count). The van der Waals surface area contributed by atoms with Crippen LogP contribution in [0.25, 0.3) is 0 Å². The first kappa shape index (κ1) is 8.59. The molecule has 1 heterocycles. The van der Waals surface area contributed by atoms with Crippen LogP contribution in [0.2, 0.25) is 0 Å². The standard InChI is InChI=1S/C9H9NO2S/c11-13(12)9-6-5-7-3-1-2-4-8(7)10-9/h1-4H,5-6H2,(H,11,12). The number of hydrogen-bond acceptors (Lipinski definition) is 2. The van der Waals surface area contributed by atoms with E-state index in [1.165, 1.54) is 0 Å². The Bertz CT molecular complexity index is 387. The molecular weight excluding hydrogens is 186 g/mol. The SMILES string of the molecule is O=S(O)C1=Nc2ccccc2CC1. The molecule has 0 aromatic heterocycles. The fourth-order valence-electron chi connectivity index (χ4n) is 1.39. The maximum atomic E-state index is 10.7. The Hall–Kier alpha value is -1.00. The van der Waals surface area contributed by atoms with Crippen LogP contribution in [-0.4, -0.2) is 13.8 Å². The summed E-state index contributed by atoms with van der Waals surface area (Å²) in [5.41, 5.74) is 1.97. The van der Waals surface area contributed by atoms with Crippen LogP contribution < -0.4 is 0 Å². The number of nitrogens with zero attached hydrogens (tertiary/aromatic N) is 1. The highest BCUT2D eigenvalue weighted by Gasteiger charge is 2.14. The summed E-state index contributed by atoms with van der Waals surface area (Å²) in [6.07, 6.45) is 1.39. The molecule has 1 aliphatic rings. The van der Waals surface area contributed by atoms with Crippen molar-refractivity contribution < 1.29 is 8.76 Å². The van der Waals surface area contributed by atoms with Crippen LogP contribution in [0.5, 0.6) is 0 Å². The third-order valence-corrected chi connectivity index (χ3v) is 2.75. The van der Waals surface area contributed by atoms with E-state index in [0.717, 1.165) is 17.7 Å². The van der Waals surface area contributed by atoms with Crippen LogP contribution in [0.3, 0.4) is 0 Å². The number of hydrogen-bond donors (Lipinski definition) is 1. The Morgan fingerprint density at radius 3 is 2.85 bits per heavy atom. The lowest BCUT2D eigenvalue weighted by Gasteiger charge is -2.12. The number of rotatable bonds is 0. The van der Waals surface area contributed by atoms with Crippen molar-refractivity contribution in [3.05, 3.63) is 29.8 Å². The summed E-state index contributed by atoms with van der Waals surface area (Å²) < 4.78 is 19.6. The Morgan fingerprint density at radius 2 is 2.08 bits per heavy atom. The molecule has 1 atom stereocenters. The van der Waals surface area contributed by atoms with E-state index in [1.807, 2.05) is 24.3 Å². The maximum Gasteiger partial charge on any atom is 0.201 e. The van der Waals surface area contributed by atoms with Gasteiger partial charge in [0.15, 0.2) is 0 Å². The third kappa shape index (κ3) is 1.68. The molecule has 0 amide bonds. The van der Waals surface area contributed by atoms with E-state index in [4.69, 9.17) is 4.55 Å². The van der Waals surface area contributed by atoms with Crippen LogP contribution >= 0.6 is 0 Å². The predicted molar refractivity (Wildman–Crippen MR) is 52.6 cm³/mol. The predicted octanol–water partition coefficient (Wildman–Crippen LogP) is 1.88. The first-order chi connectivity index (χ1) is 6.27. The second kappa shape index (κ2) is 3.40. The highest BCUT2D eigenvalue weighted by atomic mass is 32.2. The minimum absolute atomic E-state index is 0.374. The summed E-state index contributed by atoms with van der Waals surface area (Å²) in [4.78, 5) is 4.11. The van der Waals surface area contributed by atoms with Gasteiger partial charge in [-0.15, -0.1) is 0 Å². The third-order valence-electron chi connectivity index (χ3n) is 2.05. The normalized spacial score (nSPS) is 17.5. The van der Waals surface area contributed by atoms with Gasteiger partial charge < -0.3 is 4.55 Å². The van der Waals surface area contributed by atoms with Crippen molar-refractivity contribution in [3.63, 3.8) is 0 Å². The number of para-hydroxylation sites is 1. The number of fused-ring (bicyclic) bond motifs is 1. The van der Waals surface area contributed by atoms with Crippen molar-refractivity contribution in [2.75, 3.05) is 0 Å². The molecule has 0 saturated carbocycles. The van der Waals surface area contributed by atoms with Gasteiger partial charge in [-0.05, 0) is 18.1 Å². The molecule has 1 aliphatic heterocycles. The molecule has 0 aliphatic carbocycles. The van der Waals surface area contributed by atoms with Gasteiger partial charge in [-0.25, -0.2) is 9.20 Å². The second-order valence-corrected chi connectivity index (χ2v) is 3.85. The molecule has 1 unspecified atom stereocenters. The average molecular weight is 195 g/mol. The van der Waals surface area contributed by atoms with Gasteiger partial charge in [0.05, 0.1) is 5.69 Å². The average Bonchev–Trinajstić information content (AvgIpc) is 2.17. The summed E-state index contributed by atoms with van der Waals surface area (Å²) in [7, 11) is 0. The van der Waals surface area contributed by atoms with Crippen molar-refractivity contribution in [2.45, 2.75) is 12.8 Å². The van der Waals surface area contributed by atoms with E-state index in [-0.39, 0.29) is 0 Å². The van der Waals surface area contributed by atoms with Crippen molar-refractivity contribution in [3.8, 4) is 0 Å². The molecule has 0 radical (unpaired) electrons. The first-order valence-corrected chi connectivity index (χ1v) is 5.14. The minimum Gasteiger partial charge on any atom is -0.301 e. The molecule has 1 aromatic rings. The minimum atomic E-state index is -1.91. The van der Waals surface area contributed by atoms with Crippen LogP contribution in [0, 0.1) is 0 Å². The molecule has 0 spiro atoms. The van der Waals surface area contributed by atoms with Crippen LogP contribution in [0.15, 0.2) is 29.3 Å². The second-order valence-electron chi connectivity index (χ2n) is 2.88. The Labute approximate surface area is 78.8 Å². The summed E-state index contributed by atoms with van der Waals surface area (Å²) >= 11 is -1.91. The highest BCUT2D eigenvalue weighted by molar-refractivity contribution is 7.95. The number of aliphatic imine (C=N–C) groups is 1. The van der Waals surface area contributed by atoms with Gasteiger partial charge in [0.25, 0.3) is 0 Å². The van der Waals surface area contributed by atoms with Crippen LogP contribution in [0.4, 0.5) is 5.69 Å². The number of benzene rings is 1. The Kier molecular flexibility index (Phi) is 2.24. The number of aryl methyl sites for hydroxylation is 1. The zero-order valence-corrected chi connectivity index (χ0v) is 7.75. The Morgan fingerprint density at radius 1 is 1.31 bits per heavy atom. The lowest BCUT2D eigenvalue weighted by molar-refractivity contribution is 0.576. The quantitative estimate of drug-likeness (QED) is 0.642. The van der Waals surface area contributed by atoms with Crippen LogP contribution in [0.1, 0.15) is 12.0 Å². The molecule has 0 fully saturated rings. The largest absolute Gasteiger partial charge is 0.301 e. The molecule has 1 N–H and O–H groups in total. The molecule has 13 heavy (non-hydrogen) atoms. The molecule has 0 bridgehead atoms. The zero-order chi connectivity index (χ0) is 9.26. The molecular formula is C9H9NO2S. The van der Waals surface area contributed by atoms with E-state index in [2.05, 4.69) is 4.99 Å². The van der Waals surface area contributed by atoms with Gasteiger partial charge in [0.1, 0.15) is 5.04 Å². The van der Waals surface area contributed by atoms with Gasteiger partial charge in [0, 0.05) is 6.42 Å². The highest BCUT2D eigenvalue weighted by Crippen LogP contribution is 2.25. The molecule has 4 heteroatoms. The summed E-state index contributed by atoms with van der Waals surface area (Å²) in [6, 6.07) is 7.69. The van der Waals surface area contributed by atoms with Crippen molar-refractivity contribution in [1.29, 1.82) is 0 Å². The molecule has 68 valence electrons. The van der Waals surface area contributed by atoms with Crippen molar-refractivity contribution in [2.24, 2.45) is 4.99 Å². The van der Waals surface area contributed by atoms with Gasteiger partial charge >= 0.3 is 0 Å². The van der Waals surface area contributed by atoms with E-state index in [1.54, 1.807) is 0 Å². The van der Waals surface area contributed by atoms with Gasteiger partial charge in [0.2, 0.25) is 11.1 Å². The summed E-state index contributed by atoms with van der Waals surface area (Å²) in [5, 5.41) is 0.374. The monoisotopic (exact) mass is 195 g/mol. The fraction of sp³-hybridized carbons (Fsp3) is 0.222. The lowest BCUT2D eigenvalue weighted by atomic mass is 10.1. The zero-order valence-electron chi connectivity index (χ0n) is 6.93. The van der Waals surface area contributed by atoms with E-state index in [9.17, 15) is 4.21 Å². The van der Waals surface area contributed by atoms with Gasteiger partial charge in [-0.2, -0.15) is 0 Å². The molecule has 0 saturated heterocycles. The van der Waals surface area contributed by atoms with E-state index >= 15 is 0 Å². The van der Waals surface area contributed by atoms with Gasteiger partial charge in [-0.1, -0.05) is 18.2 Å². The maximum absolute atomic E-state index is 10.7. The lowest BCUT2D eigenvalue weighted by Crippen LogP contribution is -2.10. The summed E-state index contributed by atoms with van der Waals surface area (Å²) in [5.74, 6) is 0. The smallest absolute Gasteiger partial charge is 0.201 e. The van der Waals surface area contributed by atoms with Crippen LogP contribution in [-0.2, 0) is 17.5 Å². The fourth-order valence-corrected chi connectivity index (χ4v) is 1.84. The topological polar surface area (TPSA) is 49.7 Å². The summed E-state index contributed by atoms with van der Waals surface area (Å²) in [6.45, 7) is 0. The van der Waals surface area contributed by atoms with Crippen molar-refractivity contribution >= 4 is 21.8 Å².